The number of hydrogen-bond donors (Lipinski definition) is 1. The van der Waals surface area contributed by atoms with Crippen molar-refractivity contribution in [3.63, 3.8) is 0 Å². The fourth-order valence-corrected chi connectivity index (χ4v) is 2.53. The topological polar surface area (TPSA) is 0 Å². The number of thiol groups is 1. The lowest BCUT2D eigenvalue weighted by Crippen LogP contribution is -1.98. The van der Waals surface area contributed by atoms with Crippen LogP contribution in [0.1, 0.15) is 27.5 Å². The van der Waals surface area contributed by atoms with Crippen LogP contribution in [-0.2, 0) is 0 Å². The van der Waals surface area contributed by atoms with Crippen molar-refractivity contribution in [3.8, 4) is 0 Å². The molecule has 2 aromatic carbocycles. The molecule has 0 unspecified atom stereocenters. The van der Waals surface area contributed by atoms with E-state index >= 15 is 0 Å². The molecule has 0 radical (unpaired) electrons. The molecule has 2 rings (SSSR count). The van der Waals surface area contributed by atoms with Crippen molar-refractivity contribution in [3.05, 3.63) is 70.8 Å². The van der Waals surface area contributed by atoms with Crippen LogP contribution in [0, 0.1) is 13.8 Å². The fraction of sp³-hybridized carbons (Fsp3) is 0.200. The Labute approximate surface area is 103 Å². The normalized spacial score (nSPS) is 10.8. The number of rotatable bonds is 2. The largest absolute Gasteiger partial charge is 0.166 e. The first-order chi connectivity index (χ1) is 7.70. The molecule has 0 aliphatic heterocycles. The molecular weight excluding hydrogens is 212 g/mol. The lowest BCUT2D eigenvalue weighted by Gasteiger charge is -2.16. The molecule has 0 spiro atoms. The van der Waals surface area contributed by atoms with Crippen LogP contribution in [0.5, 0.6) is 0 Å². The van der Waals surface area contributed by atoms with E-state index in [9.17, 15) is 0 Å². The smallest absolute Gasteiger partial charge is 0.0521 e. The Morgan fingerprint density at radius 3 is 1.50 bits per heavy atom. The van der Waals surface area contributed by atoms with Gasteiger partial charge in [-0.2, -0.15) is 12.6 Å². The second-order valence-electron chi connectivity index (χ2n) is 4.12. The molecule has 0 atom stereocenters. The Bertz CT molecular complexity index is 443. The lowest BCUT2D eigenvalue weighted by molar-refractivity contribution is 1.11. The number of benzene rings is 2. The monoisotopic (exact) mass is 228 g/mol. The third-order valence-corrected chi connectivity index (χ3v) is 3.52. The summed E-state index contributed by atoms with van der Waals surface area (Å²) in [6.07, 6.45) is 0. The van der Waals surface area contributed by atoms with Crippen LogP contribution in [0.15, 0.2) is 48.5 Å². The van der Waals surface area contributed by atoms with E-state index < -0.39 is 0 Å². The summed E-state index contributed by atoms with van der Waals surface area (Å²) in [6, 6.07) is 16.9. The second-order valence-corrected chi connectivity index (χ2v) is 4.63. The van der Waals surface area contributed by atoms with E-state index in [1.807, 2.05) is 0 Å². The van der Waals surface area contributed by atoms with Crippen LogP contribution in [0.3, 0.4) is 0 Å². The van der Waals surface area contributed by atoms with Crippen molar-refractivity contribution in [2.45, 2.75) is 19.1 Å². The van der Waals surface area contributed by atoms with Gasteiger partial charge in [0.15, 0.2) is 0 Å². The van der Waals surface area contributed by atoms with Crippen molar-refractivity contribution in [1.82, 2.24) is 0 Å². The van der Waals surface area contributed by atoms with E-state index in [4.69, 9.17) is 12.6 Å². The molecule has 0 aliphatic rings. The van der Waals surface area contributed by atoms with Gasteiger partial charge in [0, 0.05) is 0 Å². The zero-order valence-electron chi connectivity index (χ0n) is 9.64. The van der Waals surface area contributed by atoms with Crippen molar-refractivity contribution < 1.29 is 0 Å². The molecule has 1 heteroatoms. The molecule has 2 aromatic rings. The molecule has 0 amide bonds. The maximum Gasteiger partial charge on any atom is 0.0521 e. The highest BCUT2D eigenvalue weighted by molar-refractivity contribution is 7.80. The van der Waals surface area contributed by atoms with E-state index in [1.165, 1.54) is 22.3 Å². The molecule has 0 heterocycles. The Morgan fingerprint density at radius 2 is 1.12 bits per heavy atom. The van der Waals surface area contributed by atoms with Gasteiger partial charge < -0.3 is 0 Å². The molecule has 16 heavy (non-hydrogen) atoms. The van der Waals surface area contributed by atoms with Gasteiger partial charge in [0.2, 0.25) is 0 Å². The molecule has 0 aliphatic carbocycles. The first-order valence-electron chi connectivity index (χ1n) is 5.49. The minimum Gasteiger partial charge on any atom is -0.166 e. The fourth-order valence-electron chi connectivity index (χ4n) is 1.95. The van der Waals surface area contributed by atoms with Crippen LogP contribution >= 0.6 is 12.6 Å². The zero-order chi connectivity index (χ0) is 11.5. The molecule has 82 valence electrons. The summed E-state index contributed by atoms with van der Waals surface area (Å²) in [5, 5.41) is 0.169. The minimum atomic E-state index is 0.169. The molecule has 0 nitrogen and oxygen atoms in total. The standard InChI is InChI=1S/C15H16S/c1-11-7-3-5-9-13(11)15(16)14-10-6-4-8-12(14)2/h3-10,15-16H,1-2H3. The Balaban J connectivity index is 2.44. The summed E-state index contributed by atoms with van der Waals surface area (Å²) >= 11 is 4.75. The van der Waals surface area contributed by atoms with Gasteiger partial charge >= 0.3 is 0 Å². The maximum atomic E-state index is 4.75. The predicted molar refractivity (Wildman–Crippen MR) is 73.2 cm³/mol. The van der Waals surface area contributed by atoms with Crippen molar-refractivity contribution in [2.24, 2.45) is 0 Å². The average molecular weight is 228 g/mol. The van der Waals surface area contributed by atoms with E-state index in [1.54, 1.807) is 0 Å². The summed E-state index contributed by atoms with van der Waals surface area (Å²) in [5.74, 6) is 0. The van der Waals surface area contributed by atoms with Crippen molar-refractivity contribution >= 4 is 12.6 Å². The lowest BCUT2D eigenvalue weighted by atomic mass is 9.97. The summed E-state index contributed by atoms with van der Waals surface area (Å²) in [7, 11) is 0. The van der Waals surface area contributed by atoms with Gasteiger partial charge in [-0.05, 0) is 36.1 Å². The van der Waals surface area contributed by atoms with Crippen molar-refractivity contribution in [2.75, 3.05) is 0 Å². The van der Waals surface area contributed by atoms with Crippen LogP contribution in [0.2, 0.25) is 0 Å². The third-order valence-electron chi connectivity index (χ3n) is 2.97. The first-order valence-corrected chi connectivity index (χ1v) is 6.01. The number of aryl methyl sites for hydroxylation is 2. The van der Waals surface area contributed by atoms with E-state index in [0.717, 1.165) is 0 Å². The Morgan fingerprint density at radius 1 is 0.750 bits per heavy atom. The van der Waals surface area contributed by atoms with Crippen molar-refractivity contribution in [1.29, 1.82) is 0 Å². The Kier molecular flexibility index (Phi) is 3.35. The molecule has 0 N–H and O–H groups in total. The van der Waals surface area contributed by atoms with Crippen LogP contribution < -0.4 is 0 Å². The first kappa shape index (κ1) is 11.3. The average Bonchev–Trinajstić information content (AvgIpc) is 2.29. The molecule has 0 aromatic heterocycles. The molecular formula is C15H16S. The zero-order valence-corrected chi connectivity index (χ0v) is 10.5. The third kappa shape index (κ3) is 2.14. The van der Waals surface area contributed by atoms with Gasteiger partial charge in [-0.3, -0.25) is 0 Å². The van der Waals surface area contributed by atoms with Gasteiger partial charge in [0.1, 0.15) is 0 Å². The molecule has 0 bridgehead atoms. The quantitative estimate of drug-likeness (QED) is 0.727. The van der Waals surface area contributed by atoms with Gasteiger partial charge in [0.05, 0.1) is 5.25 Å². The van der Waals surface area contributed by atoms with Gasteiger partial charge in [-0.25, -0.2) is 0 Å². The molecule has 0 saturated carbocycles. The predicted octanol–water partition coefficient (Wildman–Crippen LogP) is 4.32. The SMILES string of the molecule is Cc1ccccc1C(S)c1ccccc1C. The summed E-state index contributed by atoms with van der Waals surface area (Å²) in [5.41, 5.74) is 5.18. The highest BCUT2D eigenvalue weighted by Gasteiger charge is 2.12. The van der Waals surface area contributed by atoms with Crippen LogP contribution in [0.25, 0.3) is 0 Å². The maximum absolute atomic E-state index is 4.75. The highest BCUT2D eigenvalue weighted by Crippen LogP contribution is 2.31. The van der Waals surface area contributed by atoms with Gasteiger partial charge in [-0.15, -0.1) is 0 Å². The Hall–Kier alpha value is -1.21. The van der Waals surface area contributed by atoms with Gasteiger partial charge in [-0.1, -0.05) is 48.5 Å². The molecule has 0 fully saturated rings. The summed E-state index contributed by atoms with van der Waals surface area (Å²) in [4.78, 5) is 0. The van der Waals surface area contributed by atoms with E-state index in [2.05, 4.69) is 62.4 Å². The highest BCUT2D eigenvalue weighted by atomic mass is 32.1. The van der Waals surface area contributed by atoms with E-state index in [0.29, 0.717) is 0 Å². The van der Waals surface area contributed by atoms with E-state index in [-0.39, 0.29) is 5.25 Å². The van der Waals surface area contributed by atoms with Crippen LogP contribution in [0.4, 0.5) is 0 Å². The summed E-state index contributed by atoms with van der Waals surface area (Å²) in [6.45, 7) is 4.27. The number of hydrogen-bond acceptors (Lipinski definition) is 1. The summed E-state index contributed by atoms with van der Waals surface area (Å²) < 4.78 is 0. The molecule has 0 saturated heterocycles. The minimum absolute atomic E-state index is 0.169. The van der Waals surface area contributed by atoms with Gasteiger partial charge in [0.25, 0.3) is 0 Å². The van der Waals surface area contributed by atoms with Crippen LogP contribution in [-0.4, -0.2) is 0 Å². The second kappa shape index (κ2) is 4.75.